The predicted octanol–water partition coefficient (Wildman–Crippen LogP) is 1.84. The molecule has 19 heavy (non-hydrogen) atoms. The van der Waals surface area contributed by atoms with Gasteiger partial charge in [-0.25, -0.2) is 0 Å². The van der Waals surface area contributed by atoms with E-state index in [2.05, 4.69) is 10.6 Å². The van der Waals surface area contributed by atoms with Crippen LogP contribution in [0.2, 0.25) is 0 Å². The Bertz CT molecular complexity index is 498. The Morgan fingerprint density at radius 3 is 2.79 bits per heavy atom. The molecular formula is C13H17N3O3. The molecule has 0 aliphatic heterocycles. The molecule has 1 fully saturated rings. The Balaban J connectivity index is 1.84. The number of rotatable bonds is 6. The van der Waals surface area contributed by atoms with Crippen LogP contribution >= 0.6 is 0 Å². The standard InChI is InChI=1S/C13H17N3O3/c1-9-2-5-11(12(8-9)16(18)19)14-6-7-15-13(17)10-3-4-10/h2,5,8,10,14H,3-4,6-7H2,1H3,(H,15,17). The minimum Gasteiger partial charge on any atom is -0.378 e. The zero-order chi connectivity index (χ0) is 13.8. The predicted molar refractivity (Wildman–Crippen MR) is 72.1 cm³/mol. The monoisotopic (exact) mass is 263 g/mol. The summed E-state index contributed by atoms with van der Waals surface area (Å²) in [6, 6.07) is 5.04. The van der Waals surface area contributed by atoms with Crippen LogP contribution < -0.4 is 10.6 Å². The smallest absolute Gasteiger partial charge is 0.292 e. The molecule has 6 nitrogen and oxygen atoms in total. The van der Waals surface area contributed by atoms with E-state index < -0.39 is 4.92 Å². The van der Waals surface area contributed by atoms with Crippen LogP contribution in [-0.4, -0.2) is 23.9 Å². The summed E-state index contributed by atoms with van der Waals surface area (Å²) in [5.74, 6) is 0.272. The van der Waals surface area contributed by atoms with Crippen molar-refractivity contribution < 1.29 is 9.72 Å². The van der Waals surface area contributed by atoms with E-state index in [-0.39, 0.29) is 17.5 Å². The molecule has 0 spiro atoms. The van der Waals surface area contributed by atoms with Crippen molar-refractivity contribution in [2.75, 3.05) is 18.4 Å². The van der Waals surface area contributed by atoms with Gasteiger partial charge in [-0.2, -0.15) is 0 Å². The molecule has 1 aliphatic rings. The molecule has 0 saturated heterocycles. The van der Waals surface area contributed by atoms with Gasteiger partial charge in [0.05, 0.1) is 4.92 Å². The molecule has 0 atom stereocenters. The fourth-order valence-electron chi connectivity index (χ4n) is 1.81. The Labute approximate surface area is 111 Å². The molecule has 1 aliphatic carbocycles. The summed E-state index contributed by atoms with van der Waals surface area (Å²) >= 11 is 0. The highest BCUT2D eigenvalue weighted by molar-refractivity contribution is 5.80. The lowest BCUT2D eigenvalue weighted by molar-refractivity contribution is -0.384. The van der Waals surface area contributed by atoms with Crippen LogP contribution in [0.5, 0.6) is 0 Å². The van der Waals surface area contributed by atoms with Crippen molar-refractivity contribution >= 4 is 17.3 Å². The van der Waals surface area contributed by atoms with E-state index in [0.717, 1.165) is 18.4 Å². The Morgan fingerprint density at radius 2 is 2.16 bits per heavy atom. The normalized spacial score (nSPS) is 13.9. The van der Waals surface area contributed by atoms with Crippen LogP contribution in [0, 0.1) is 23.0 Å². The molecular weight excluding hydrogens is 246 g/mol. The highest BCUT2D eigenvalue weighted by Gasteiger charge is 2.28. The second-order valence-corrected chi connectivity index (χ2v) is 4.77. The van der Waals surface area contributed by atoms with Crippen molar-refractivity contribution in [3.8, 4) is 0 Å². The molecule has 1 saturated carbocycles. The summed E-state index contributed by atoms with van der Waals surface area (Å²) in [4.78, 5) is 21.9. The van der Waals surface area contributed by atoms with Gasteiger partial charge in [0, 0.05) is 25.1 Å². The molecule has 102 valence electrons. The summed E-state index contributed by atoms with van der Waals surface area (Å²) in [6.45, 7) is 2.76. The number of nitro benzene ring substituents is 1. The van der Waals surface area contributed by atoms with Gasteiger partial charge in [-0.05, 0) is 31.4 Å². The lowest BCUT2D eigenvalue weighted by atomic mass is 10.2. The van der Waals surface area contributed by atoms with E-state index >= 15 is 0 Å². The summed E-state index contributed by atoms with van der Waals surface area (Å²) < 4.78 is 0. The van der Waals surface area contributed by atoms with Gasteiger partial charge in [0.1, 0.15) is 5.69 Å². The maximum Gasteiger partial charge on any atom is 0.292 e. The average Bonchev–Trinajstić information content (AvgIpc) is 3.19. The SMILES string of the molecule is Cc1ccc(NCCNC(=O)C2CC2)c([N+](=O)[O-])c1. The minimum atomic E-state index is -0.405. The van der Waals surface area contributed by atoms with Gasteiger partial charge in [0.25, 0.3) is 5.69 Å². The Kier molecular flexibility index (Phi) is 3.99. The second kappa shape index (κ2) is 5.69. The number of hydrogen-bond donors (Lipinski definition) is 2. The van der Waals surface area contributed by atoms with Crippen LogP contribution in [0.3, 0.4) is 0 Å². The number of hydrogen-bond acceptors (Lipinski definition) is 4. The molecule has 1 aromatic carbocycles. The molecule has 2 N–H and O–H groups in total. The number of nitrogens with zero attached hydrogens (tertiary/aromatic N) is 1. The van der Waals surface area contributed by atoms with Crippen LogP contribution in [0.4, 0.5) is 11.4 Å². The van der Waals surface area contributed by atoms with Gasteiger partial charge >= 0.3 is 0 Å². The third kappa shape index (κ3) is 3.67. The Morgan fingerprint density at radius 1 is 1.42 bits per heavy atom. The highest BCUT2D eigenvalue weighted by Crippen LogP contribution is 2.28. The summed E-state index contributed by atoms with van der Waals surface area (Å²) in [5, 5.41) is 16.7. The minimum absolute atomic E-state index is 0.0634. The first-order valence-corrected chi connectivity index (χ1v) is 6.34. The van der Waals surface area contributed by atoms with Crippen LogP contribution in [0.15, 0.2) is 18.2 Å². The van der Waals surface area contributed by atoms with Crippen LogP contribution in [0.1, 0.15) is 18.4 Å². The largest absolute Gasteiger partial charge is 0.378 e. The molecule has 2 rings (SSSR count). The van der Waals surface area contributed by atoms with E-state index in [1.165, 1.54) is 6.07 Å². The van der Waals surface area contributed by atoms with Gasteiger partial charge in [0.2, 0.25) is 5.91 Å². The van der Waals surface area contributed by atoms with Crippen molar-refractivity contribution in [3.05, 3.63) is 33.9 Å². The average molecular weight is 263 g/mol. The first kappa shape index (κ1) is 13.3. The topological polar surface area (TPSA) is 84.3 Å². The summed E-state index contributed by atoms with van der Waals surface area (Å²) in [5.41, 5.74) is 1.39. The van der Waals surface area contributed by atoms with Crippen molar-refractivity contribution in [1.29, 1.82) is 0 Å². The van der Waals surface area contributed by atoms with E-state index in [9.17, 15) is 14.9 Å². The molecule has 0 radical (unpaired) electrons. The van der Waals surface area contributed by atoms with Gasteiger partial charge in [0.15, 0.2) is 0 Å². The maximum atomic E-state index is 11.4. The van der Waals surface area contributed by atoms with Crippen molar-refractivity contribution in [2.24, 2.45) is 5.92 Å². The fourth-order valence-corrected chi connectivity index (χ4v) is 1.81. The molecule has 0 heterocycles. The van der Waals surface area contributed by atoms with Gasteiger partial charge < -0.3 is 10.6 Å². The number of nitrogens with one attached hydrogen (secondary N) is 2. The molecule has 0 aromatic heterocycles. The number of aryl methyl sites for hydroxylation is 1. The first-order valence-electron chi connectivity index (χ1n) is 6.34. The third-order valence-electron chi connectivity index (χ3n) is 3.04. The van der Waals surface area contributed by atoms with Gasteiger partial charge in [-0.3, -0.25) is 14.9 Å². The number of carbonyl (C=O) groups excluding carboxylic acids is 1. The molecule has 1 amide bonds. The van der Waals surface area contributed by atoms with E-state index in [4.69, 9.17) is 0 Å². The highest BCUT2D eigenvalue weighted by atomic mass is 16.6. The zero-order valence-corrected chi connectivity index (χ0v) is 10.8. The number of carbonyl (C=O) groups is 1. The van der Waals surface area contributed by atoms with E-state index in [1.54, 1.807) is 6.07 Å². The van der Waals surface area contributed by atoms with E-state index in [1.807, 2.05) is 13.0 Å². The lowest BCUT2D eigenvalue weighted by Gasteiger charge is -2.08. The van der Waals surface area contributed by atoms with Crippen molar-refractivity contribution in [3.63, 3.8) is 0 Å². The Hall–Kier alpha value is -2.11. The molecule has 0 bridgehead atoms. The first-order chi connectivity index (χ1) is 9.08. The third-order valence-corrected chi connectivity index (χ3v) is 3.04. The fraction of sp³-hybridized carbons (Fsp3) is 0.462. The molecule has 1 aromatic rings. The zero-order valence-electron chi connectivity index (χ0n) is 10.8. The molecule has 6 heteroatoms. The van der Waals surface area contributed by atoms with Crippen molar-refractivity contribution in [2.45, 2.75) is 19.8 Å². The quantitative estimate of drug-likeness (QED) is 0.466. The van der Waals surface area contributed by atoms with Crippen LogP contribution in [0.25, 0.3) is 0 Å². The second-order valence-electron chi connectivity index (χ2n) is 4.77. The van der Waals surface area contributed by atoms with Gasteiger partial charge in [-0.15, -0.1) is 0 Å². The van der Waals surface area contributed by atoms with E-state index in [0.29, 0.717) is 18.8 Å². The number of benzene rings is 1. The summed E-state index contributed by atoms with van der Waals surface area (Å²) in [6.07, 6.45) is 1.95. The van der Waals surface area contributed by atoms with Gasteiger partial charge in [-0.1, -0.05) is 6.07 Å². The number of amides is 1. The lowest BCUT2D eigenvalue weighted by Crippen LogP contribution is -2.29. The van der Waals surface area contributed by atoms with Crippen molar-refractivity contribution in [1.82, 2.24) is 5.32 Å². The summed E-state index contributed by atoms with van der Waals surface area (Å²) in [7, 11) is 0. The number of anilines is 1. The maximum absolute atomic E-state index is 11.4. The molecule has 0 unspecified atom stereocenters. The van der Waals surface area contributed by atoms with Crippen LogP contribution in [-0.2, 0) is 4.79 Å². The number of nitro groups is 1.